The van der Waals surface area contributed by atoms with Gasteiger partial charge in [-0.1, -0.05) is 12.1 Å². The van der Waals surface area contributed by atoms with Gasteiger partial charge in [0.05, 0.1) is 17.6 Å². The zero-order valence-electron chi connectivity index (χ0n) is 12.2. The number of para-hydroxylation sites is 2. The highest BCUT2D eigenvalue weighted by Gasteiger charge is 2.35. The molecule has 0 radical (unpaired) electrons. The molecular weight excluding hydrogens is 288 g/mol. The Bertz CT molecular complexity index is 703. The quantitative estimate of drug-likeness (QED) is 0.851. The van der Waals surface area contributed by atoms with Crippen molar-refractivity contribution in [3.63, 3.8) is 0 Å². The maximum Gasteiger partial charge on any atom is 0.279 e. The molecule has 0 unspecified atom stereocenters. The molecule has 0 spiro atoms. The lowest BCUT2D eigenvalue weighted by Crippen LogP contribution is -2.43. The third-order valence-corrected chi connectivity index (χ3v) is 5.72. The summed E-state index contributed by atoms with van der Waals surface area (Å²) in [5.41, 5.74) is 1.75. The van der Waals surface area contributed by atoms with Gasteiger partial charge in [0.15, 0.2) is 0 Å². The van der Waals surface area contributed by atoms with Crippen LogP contribution in [0.25, 0.3) is 11.0 Å². The van der Waals surface area contributed by atoms with Gasteiger partial charge in [0, 0.05) is 13.1 Å². The molecule has 0 bridgehead atoms. The minimum absolute atomic E-state index is 0.0400. The molecule has 0 amide bonds. The molecule has 1 heterocycles. The van der Waals surface area contributed by atoms with Crippen LogP contribution >= 0.6 is 0 Å². The normalized spacial score (nSPS) is 17.5. The standard InChI is InChI=1S/C14H20N4O2S/c1-10(11-7-8-11)18(2)21(19,20)15-9-14-16-12-5-3-4-6-13(12)17-14/h3-6,10-11,15H,7-9H2,1-2H3,(H,16,17)/t10-/m1/s1. The molecule has 0 aliphatic heterocycles. The average molecular weight is 308 g/mol. The summed E-state index contributed by atoms with van der Waals surface area (Å²) in [4.78, 5) is 7.48. The van der Waals surface area contributed by atoms with Gasteiger partial charge in [0.1, 0.15) is 5.82 Å². The molecule has 1 atom stereocenters. The van der Waals surface area contributed by atoms with E-state index >= 15 is 0 Å². The van der Waals surface area contributed by atoms with Gasteiger partial charge in [-0.2, -0.15) is 17.4 Å². The second kappa shape index (κ2) is 5.40. The smallest absolute Gasteiger partial charge is 0.279 e. The molecule has 114 valence electrons. The molecule has 1 aromatic carbocycles. The predicted molar refractivity (Wildman–Crippen MR) is 81.8 cm³/mol. The Kier molecular flexibility index (Phi) is 3.73. The number of imidazole rings is 1. The average Bonchev–Trinajstić information content (AvgIpc) is 3.23. The van der Waals surface area contributed by atoms with Crippen molar-refractivity contribution in [2.75, 3.05) is 7.05 Å². The Morgan fingerprint density at radius 2 is 2.14 bits per heavy atom. The second-order valence-electron chi connectivity index (χ2n) is 5.62. The Balaban J connectivity index is 1.68. The minimum atomic E-state index is -3.48. The van der Waals surface area contributed by atoms with Crippen molar-refractivity contribution < 1.29 is 8.42 Å². The van der Waals surface area contributed by atoms with E-state index < -0.39 is 10.2 Å². The fraction of sp³-hybridized carbons (Fsp3) is 0.500. The molecule has 0 saturated heterocycles. The van der Waals surface area contributed by atoms with Gasteiger partial charge in [-0.05, 0) is 37.8 Å². The van der Waals surface area contributed by atoms with E-state index in [2.05, 4.69) is 14.7 Å². The zero-order valence-corrected chi connectivity index (χ0v) is 13.0. The number of benzene rings is 1. The summed E-state index contributed by atoms with van der Waals surface area (Å²) in [7, 11) is -1.85. The Morgan fingerprint density at radius 1 is 1.43 bits per heavy atom. The van der Waals surface area contributed by atoms with E-state index in [1.165, 1.54) is 4.31 Å². The molecule has 1 aromatic heterocycles. The van der Waals surface area contributed by atoms with Crippen LogP contribution in [-0.4, -0.2) is 35.8 Å². The summed E-state index contributed by atoms with van der Waals surface area (Å²) in [5.74, 6) is 1.12. The summed E-state index contributed by atoms with van der Waals surface area (Å²) < 4.78 is 28.6. The number of hydrogen-bond donors (Lipinski definition) is 2. The number of nitrogens with zero attached hydrogens (tertiary/aromatic N) is 2. The molecule has 3 rings (SSSR count). The first-order chi connectivity index (χ1) is 9.97. The molecule has 1 fully saturated rings. The van der Waals surface area contributed by atoms with E-state index in [4.69, 9.17) is 0 Å². The molecule has 7 heteroatoms. The van der Waals surface area contributed by atoms with Crippen LogP contribution < -0.4 is 4.72 Å². The minimum Gasteiger partial charge on any atom is -0.341 e. The summed E-state index contributed by atoms with van der Waals surface area (Å²) >= 11 is 0. The number of aromatic amines is 1. The van der Waals surface area contributed by atoms with Gasteiger partial charge in [-0.25, -0.2) is 4.98 Å². The van der Waals surface area contributed by atoms with Crippen molar-refractivity contribution in [1.82, 2.24) is 19.0 Å². The molecule has 6 nitrogen and oxygen atoms in total. The SMILES string of the molecule is C[C@H](C1CC1)N(C)S(=O)(=O)NCc1nc2ccccc2[nH]1. The maximum absolute atomic E-state index is 12.3. The third-order valence-electron chi connectivity index (χ3n) is 4.12. The first kappa shape index (κ1) is 14.5. The number of nitrogens with one attached hydrogen (secondary N) is 2. The third kappa shape index (κ3) is 3.09. The fourth-order valence-corrected chi connectivity index (χ4v) is 3.58. The first-order valence-corrected chi connectivity index (χ1v) is 8.57. The Morgan fingerprint density at radius 3 is 2.81 bits per heavy atom. The largest absolute Gasteiger partial charge is 0.341 e. The van der Waals surface area contributed by atoms with Crippen LogP contribution in [0.1, 0.15) is 25.6 Å². The van der Waals surface area contributed by atoms with E-state index in [0.717, 1.165) is 23.9 Å². The van der Waals surface area contributed by atoms with Crippen LogP contribution in [0.3, 0.4) is 0 Å². The lowest BCUT2D eigenvalue weighted by Gasteiger charge is -2.24. The van der Waals surface area contributed by atoms with Crippen molar-refractivity contribution in [2.45, 2.75) is 32.4 Å². The van der Waals surface area contributed by atoms with E-state index in [1.807, 2.05) is 31.2 Å². The van der Waals surface area contributed by atoms with E-state index in [9.17, 15) is 8.42 Å². The van der Waals surface area contributed by atoms with E-state index in [1.54, 1.807) is 7.05 Å². The van der Waals surface area contributed by atoms with E-state index in [0.29, 0.717) is 11.7 Å². The lowest BCUT2D eigenvalue weighted by atomic mass is 10.2. The molecular formula is C14H20N4O2S. The van der Waals surface area contributed by atoms with Crippen LogP contribution in [0, 0.1) is 5.92 Å². The van der Waals surface area contributed by atoms with E-state index in [-0.39, 0.29) is 12.6 Å². The van der Waals surface area contributed by atoms with Crippen LogP contribution in [0.4, 0.5) is 0 Å². The summed E-state index contributed by atoms with van der Waals surface area (Å²) in [6, 6.07) is 7.67. The topological polar surface area (TPSA) is 78.1 Å². The van der Waals surface area contributed by atoms with Gasteiger partial charge in [-0.3, -0.25) is 0 Å². The van der Waals surface area contributed by atoms with Gasteiger partial charge in [-0.15, -0.1) is 0 Å². The summed E-state index contributed by atoms with van der Waals surface area (Å²) in [5, 5.41) is 0. The van der Waals surface area contributed by atoms with Crippen LogP contribution in [0.5, 0.6) is 0 Å². The number of aromatic nitrogens is 2. The zero-order chi connectivity index (χ0) is 15.0. The van der Waals surface area contributed by atoms with Crippen LogP contribution in [0.2, 0.25) is 0 Å². The maximum atomic E-state index is 12.3. The van der Waals surface area contributed by atoms with Crippen molar-refractivity contribution in [3.05, 3.63) is 30.1 Å². The highest BCUT2D eigenvalue weighted by molar-refractivity contribution is 7.87. The van der Waals surface area contributed by atoms with Crippen LogP contribution in [-0.2, 0) is 16.8 Å². The number of fused-ring (bicyclic) bond motifs is 1. The highest BCUT2D eigenvalue weighted by atomic mass is 32.2. The highest BCUT2D eigenvalue weighted by Crippen LogP contribution is 2.35. The van der Waals surface area contributed by atoms with Crippen molar-refractivity contribution in [2.24, 2.45) is 5.92 Å². The molecule has 1 saturated carbocycles. The molecule has 2 N–H and O–H groups in total. The monoisotopic (exact) mass is 308 g/mol. The van der Waals surface area contributed by atoms with Gasteiger partial charge in [0.2, 0.25) is 0 Å². The molecule has 1 aliphatic rings. The Labute approximate surface area is 124 Å². The molecule has 21 heavy (non-hydrogen) atoms. The first-order valence-electron chi connectivity index (χ1n) is 7.13. The summed E-state index contributed by atoms with van der Waals surface area (Å²) in [6.07, 6.45) is 2.23. The van der Waals surface area contributed by atoms with Gasteiger partial charge >= 0.3 is 0 Å². The number of rotatable bonds is 6. The number of hydrogen-bond acceptors (Lipinski definition) is 3. The van der Waals surface area contributed by atoms with Crippen molar-refractivity contribution >= 4 is 21.2 Å². The molecule has 1 aliphatic carbocycles. The molecule has 2 aromatic rings. The van der Waals surface area contributed by atoms with Gasteiger partial charge in [0.25, 0.3) is 10.2 Å². The Hall–Kier alpha value is -1.44. The predicted octanol–water partition coefficient (Wildman–Crippen LogP) is 1.63. The fourth-order valence-electron chi connectivity index (χ4n) is 2.45. The van der Waals surface area contributed by atoms with Crippen molar-refractivity contribution in [3.8, 4) is 0 Å². The lowest BCUT2D eigenvalue weighted by molar-refractivity contribution is 0.351. The van der Waals surface area contributed by atoms with Gasteiger partial charge < -0.3 is 4.98 Å². The second-order valence-corrected chi connectivity index (χ2v) is 7.44. The summed E-state index contributed by atoms with van der Waals surface area (Å²) in [6.45, 7) is 2.12. The van der Waals surface area contributed by atoms with Crippen LogP contribution in [0.15, 0.2) is 24.3 Å². The van der Waals surface area contributed by atoms with Crippen molar-refractivity contribution in [1.29, 1.82) is 0 Å². The number of H-pyrrole nitrogens is 1.